The Hall–Kier alpha value is -3.00. The number of para-hydroxylation sites is 2. The van der Waals surface area contributed by atoms with Crippen molar-refractivity contribution in [3.63, 3.8) is 0 Å². The third kappa shape index (κ3) is 2.80. The van der Waals surface area contributed by atoms with Gasteiger partial charge in [0.1, 0.15) is 0 Å². The van der Waals surface area contributed by atoms with Crippen LogP contribution in [-0.2, 0) is 5.54 Å². The van der Waals surface area contributed by atoms with Crippen LogP contribution in [0.2, 0.25) is 0 Å². The monoisotopic (exact) mass is 326 g/mol. The second kappa shape index (κ2) is 6.14. The maximum absolute atomic E-state index is 3.77. The number of hydrogen-bond acceptors (Lipinski definition) is 1. The first kappa shape index (κ1) is 15.5. The fourth-order valence-electron chi connectivity index (χ4n) is 3.48. The van der Waals surface area contributed by atoms with E-state index >= 15 is 0 Å². The van der Waals surface area contributed by atoms with Crippen LogP contribution in [0.25, 0.3) is 10.9 Å². The molecule has 0 radical (unpaired) electrons. The molecule has 4 rings (SSSR count). The Morgan fingerprint density at radius 3 is 2.24 bits per heavy atom. The molecule has 0 amide bonds. The second-order valence-corrected chi connectivity index (χ2v) is 6.73. The highest BCUT2D eigenvalue weighted by molar-refractivity contribution is 5.85. The summed E-state index contributed by atoms with van der Waals surface area (Å²) in [5.74, 6) is 0. The summed E-state index contributed by atoms with van der Waals surface area (Å²) in [5.41, 5.74) is 5.68. The van der Waals surface area contributed by atoms with E-state index < -0.39 is 0 Å². The van der Waals surface area contributed by atoms with Crippen molar-refractivity contribution in [2.45, 2.75) is 19.4 Å². The molecule has 1 aromatic heterocycles. The van der Waals surface area contributed by atoms with E-state index in [0.717, 1.165) is 11.2 Å². The Morgan fingerprint density at radius 1 is 0.800 bits per heavy atom. The normalized spacial score (nSPS) is 13.5. The summed E-state index contributed by atoms with van der Waals surface area (Å²) in [6.45, 7) is 4.37. The highest BCUT2D eigenvalue weighted by atomic mass is 15.0. The number of benzene rings is 3. The molecule has 1 heterocycles. The third-order valence-corrected chi connectivity index (χ3v) is 4.92. The zero-order valence-corrected chi connectivity index (χ0v) is 14.6. The molecule has 0 aliphatic rings. The van der Waals surface area contributed by atoms with Crippen LogP contribution < -0.4 is 5.32 Å². The van der Waals surface area contributed by atoms with Gasteiger partial charge in [0.25, 0.3) is 0 Å². The van der Waals surface area contributed by atoms with Crippen LogP contribution in [0, 0.1) is 6.92 Å². The highest BCUT2D eigenvalue weighted by Gasteiger charge is 2.31. The molecule has 2 nitrogen and oxygen atoms in total. The number of H-pyrrole nitrogens is 1. The maximum Gasteiger partial charge on any atom is 0.0871 e. The third-order valence-electron chi connectivity index (χ3n) is 4.92. The van der Waals surface area contributed by atoms with E-state index in [1.807, 2.05) is 6.07 Å². The standard InChI is InChI=1S/C23H22N2/c1-17-12-14-18(15-13-17)23(2,25-19-8-4-3-5-9-19)21-16-24-22-11-7-6-10-20(21)22/h3-16,24-25H,1-2H3. The number of fused-ring (bicyclic) bond motifs is 1. The summed E-state index contributed by atoms with van der Waals surface area (Å²) in [7, 11) is 0. The minimum atomic E-state index is -0.339. The first-order chi connectivity index (χ1) is 12.2. The Kier molecular flexibility index (Phi) is 3.81. The van der Waals surface area contributed by atoms with Crippen molar-refractivity contribution in [1.29, 1.82) is 0 Å². The van der Waals surface area contributed by atoms with E-state index in [1.54, 1.807) is 0 Å². The molecule has 0 saturated carbocycles. The van der Waals surface area contributed by atoms with Crippen LogP contribution in [0.3, 0.4) is 0 Å². The van der Waals surface area contributed by atoms with Crippen molar-refractivity contribution in [2.75, 3.05) is 5.32 Å². The van der Waals surface area contributed by atoms with Crippen molar-refractivity contribution in [2.24, 2.45) is 0 Å². The van der Waals surface area contributed by atoms with E-state index in [2.05, 4.69) is 103 Å². The van der Waals surface area contributed by atoms with Crippen molar-refractivity contribution >= 4 is 16.6 Å². The molecule has 1 unspecified atom stereocenters. The van der Waals surface area contributed by atoms with Crippen LogP contribution in [0.15, 0.2) is 85.1 Å². The smallest absolute Gasteiger partial charge is 0.0871 e. The van der Waals surface area contributed by atoms with Crippen molar-refractivity contribution in [3.05, 3.63) is 102 Å². The van der Waals surface area contributed by atoms with Gasteiger partial charge in [-0.15, -0.1) is 0 Å². The fraction of sp³-hybridized carbons (Fsp3) is 0.130. The zero-order chi connectivity index (χ0) is 17.3. The molecule has 0 saturated heterocycles. The average molecular weight is 326 g/mol. The number of aromatic amines is 1. The van der Waals surface area contributed by atoms with E-state index in [1.165, 1.54) is 22.1 Å². The second-order valence-electron chi connectivity index (χ2n) is 6.73. The summed E-state index contributed by atoms with van der Waals surface area (Å²) in [4.78, 5) is 3.42. The molecule has 3 aromatic carbocycles. The maximum atomic E-state index is 3.77. The number of aromatic nitrogens is 1. The van der Waals surface area contributed by atoms with Crippen LogP contribution in [0.5, 0.6) is 0 Å². The predicted octanol–water partition coefficient (Wildman–Crippen LogP) is 5.85. The van der Waals surface area contributed by atoms with Crippen LogP contribution in [-0.4, -0.2) is 4.98 Å². The zero-order valence-electron chi connectivity index (χ0n) is 14.6. The summed E-state index contributed by atoms with van der Waals surface area (Å²) < 4.78 is 0. The fourth-order valence-corrected chi connectivity index (χ4v) is 3.48. The van der Waals surface area contributed by atoms with E-state index in [9.17, 15) is 0 Å². The first-order valence-electron chi connectivity index (χ1n) is 8.64. The van der Waals surface area contributed by atoms with Gasteiger partial charge in [-0.25, -0.2) is 0 Å². The largest absolute Gasteiger partial charge is 0.372 e. The Morgan fingerprint density at radius 2 is 1.48 bits per heavy atom. The topological polar surface area (TPSA) is 27.8 Å². The molecule has 0 aliphatic carbocycles. The van der Waals surface area contributed by atoms with Gasteiger partial charge in [-0.2, -0.15) is 0 Å². The minimum Gasteiger partial charge on any atom is -0.372 e. The van der Waals surface area contributed by atoms with Gasteiger partial charge < -0.3 is 10.3 Å². The summed E-state index contributed by atoms with van der Waals surface area (Å²) in [6.07, 6.45) is 2.13. The van der Waals surface area contributed by atoms with Crippen molar-refractivity contribution in [1.82, 2.24) is 4.98 Å². The van der Waals surface area contributed by atoms with Crippen LogP contribution in [0.1, 0.15) is 23.6 Å². The van der Waals surface area contributed by atoms with Gasteiger partial charge in [0.05, 0.1) is 5.54 Å². The van der Waals surface area contributed by atoms with Gasteiger partial charge in [-0.3, -0.25) is 0 Å². The molecular weight excluding hydrogens is 304 g/mol. The molecule has 2 N–H and O–H groups in total. The molecule has 0 aliphatic heterocycles. The number of rotatable bonds is 4. The number of aryl methyl sites for hydroxylation is 1. The van der Waals surface area contributed by atoms with Gasteiger partial charge in [0.2, 0.25) is 0 Å². The Balaban J connectivity index is 1.90. The van der Waals surface area contributed by atoms with E-state index in [4.69, 9.17) is 0 Å². The molecule has 4 aromatic rings. The highest BCUT2D eigenvalue weighted by Crippen LogP contribution is 2.37. The SMILES string of the molecule is Cc1ccc(C(C)(Nc2ccccc2)c2c[nH]c3ccccc23)cc1. The Labute approximate surface area is 148 Å². The predicted molar refractivity (Wildman–Crippen MR) is 106 cm³/mol. The molecule has 0 spiro atoms. The number of hydrogen-bond donors (Lipinski definition) is 2. The number of anilines is 1. The van der Waals surface area contributed by atoms with Gasteiger partial charge in [-0.05, 0) is 37.6 Å². The summed E-state index contributed by atoms with van der Waals surface area (Å²) in [5, 5.41) is 5.01. The minimum absolute atomic E-state index is 0.339. The van der Waals surface area contributed by atoms with E-state index in [0.29, 0.717) is 0 Å². The molecule has 2 heteroatoms. The summed E-state index contributed by atoms with van der Waals surface area (Å²) in [6, 6.07) is 27.6. The van der Waals surface area contributed by atoms with Gasteiger partial charge in [0, 0.05) is 28.4 Å². The van der Waals surface area contributed by atoms with Gasteiger partial charge in [0.15, 0.2) is 0 Å². The quantitative estimate of drug-likeness (QED) is 0.483. The molecule has 25 heavy (non-hydrogen) atoms. The summed E-state index contributed by atoms with van der Waals surface area (Å²) >= 11 is 0. The molecule has 1 atom stereocenters. The number of nitrogens with one attached hydrogen (secondary N) is 2. The molecule has 124 valence electrons. The molecular formula is C23H22N2. The Bertz CT molecular complexity index is 983. The first-order valence-corrected chi connectivity index (χ1v) is 8.64. The van der Waals surface area contributed by atoms with Crippen molar-refractivity contribution < 1.29 is 0 Å². The lowest BCUT2D eigenvalue weighted by Crippen LogP contribution is -2.33. The van der Waals surface area contributed by atoms with Crippen LogP contribution >= 0.6 is 0 Å². The van der Waals surface area contributed by atoms with Crippen molar-refractivity contribution in [3.8, 4) is 0 Å². The molecule has 0 bridgehead atoms. The average Bonchev–Trinajstić information content (AvgIpc) is 3.08. The lowest BCUT2D eigenvalue weighted by molar-refractivity contribution is 0.666. The lowest BCUT2D eigenvalue weighted by Gasteiger charge is -2.33. The van der Waals surface area contributed by atoms with Crippen LogP contribution in [0.4, 0.5) is 5.69 Å². The van der Waals surface area contributed by atoms with Gasteiger partial charge >= 0.3 is 0 Å². The molecule has 0 fully saturated rings. The van der Waals surface area contributed by atoms with E-state index in [-0.39, 0.29) is 5.54 Å². The lowest BCUT2D eigenvalue weighted by atomic mass is 9.83. The van der Waals surface area contributed by atoms with Gasteiger partial charge in [-0.1, -0.05) is 66.2 Å².